The number of aromatic nitrogens is 4. The number of nitrogens with one attached hydrogen (secondary N) is 1. The van der Waals surface area contributed by atoms with E-state index in [0.717, 1.165) is 22.4 Å². The maximum Gasteiger partial charge on any atom is 0.352 e. The number of thiophene rings is 1. The summed E-state index contributed by atoms with van der Waals surface area (Å²) in [7, 11) is 0. The number of para-hydroxylation sites is 1. The number of carbonyl (C=O) groups is 1. The number of aryl methyl sites for hydroxylation is 1. The van der Waals surface area contributed by atoms with Gasteiger partial charge in [-0.3, -0.25) is 14.2 Å². The van der Waals surface area contributed by atoms with Crippen LogP contribution in [0.3, 0.4) is 0 Å². The molecule has 4 rings (SSSR count). The predicted octanol–water partition coefficient (Wildman–Crippen LogP) is 2.73. The Hall–Kier alpha value is -3.20. The molecular weight excluding hydrogens is 402 g/mol. The number of hydrogen-bond donors (Lipinski definition) is 1. The van der Waals surface area contributed by atoms with Crippen molar-refractivity contribution < 1.29 is 4.79 Å². The van der Waals surface area contributed by atoms with Gasteiger partial charge in [0.1, 0.15) is 11.2 Å². The average molecular weight is 426 g/mol. The van der Waals surface area contributed by atoms with Crippen LogP contribution in [0, 0.1) is 5.92 Å². The molecule has 8 nitrogen and oxygen atoms in total. The Balaban J connectivity index is 1.77. The fourth-order valence-corrected chi connectivity index (χ4v) is 4.37. The van der Waals surface area contributed by atoms with Crippen LogP contribution in [-0.4, -0.2) is 24.7 Å². The molecule has 3 heterocycles. The van der Waals surface area contributed by atoms with Gasteiger partial charge in [-0.25, -0.2) is 13.9 Å². The Morgan fingerprint density at radius 2 is 1.97 bits per heavy atom. The van der Waals surface area contributed by atoms with Crippen molar-refractivity contribution in [2.45, 2.75) is 40.3 Å². The molecule has 3 aromatic heterocycles. The van der Waals surface area contributed by atoms with E-state index in [1.165, 1.54) is 20.3 Å². The van der Waals surface area contributed by atoms with E-state index >= 15 is 0 Å². The first-order chi connectivity index (χ1) is 14.4. The summed E-state index contributed by atoms with van der Waals surface area (Å²) in [6.45, 7) is 6.20. The minimum absolute atomic E-state index is 0.167. The first-order valence-corrected chi connectivity index (χ1v) is 10.8. The van der Waals surface area contributed by atoms with E-state index in [0.29, 0.717) is 16.8 Å². The van der Waals surface area contributed by atoms with Crippen molar-refractivity contribution in [3.05, 3.63) is 62.1 Å². The zero-order chi connectivity index (χ0) is 21.4. The summed E-state index contributed by atoms with van der Waals surface area (Å²) in [6, 6.07) is 9.28. The molecule has 1 aromatic carbocycles. The molecule has 0 spiro atoms. The summed E-state index contributed by atoms with van der Waals surface area (Å²) in [5.74, 6) is 0.102. The fraction of sp³-hybridized carbons (Fsp3) is 0.333. The molecule has 9 heteroatoms. The number of rotatable bonds is 6. The topological polar surface area (TPSA) is 90.4 Å². The Labute approximate surface area is 176 Å². The first kappa shape index (κ1) is 20.1. The molecule has 0 aliphatic rings. The molecule has 1 amide bonds. The number of benzene rings is 1. The van der Waals surface area contributed by atoms with Gasteiger partial charge in [-0.2, -0.15) is 0 Å². The number of hydrogen-bond acceptors (Lipinski definition) is 5. The molecule has 0 saturated carbocycles. The van der Waals surface area contributed by atoms with Crippen molar-refractivity contribution in [2.75, 3.05) is 5.32 Å². The molecule has 0 radical (unpaired) electrons. The third kappa shape index (κ3) is 3.45. The van der Waals surface area contributed by atoms with E-state index in [9.17, 15) is 14.4 Å². The lowest BCUT2D eigenvalue weighted by molar-refractivity contribution is -0.117. The molecule has 156 valence electrons. The van der Waals surface area contributed by atoms with Crippen LogP contribution >= 0.6 is 11.3 Å². The van der Waals surface area contributed by atoms with Crippen LogP contribution in [0.2, 0.25) is 0 Å². The normalized spacial score (nSPS) is 11.6. The van der Waals surface area contributed by atoms with Crippen molar-refractivity contribution in [3.8, 4) is 0 Å². The van der Waals surface area contributed by atoms with Gasteiger partial charge in [-0.15, -0.1) is 16.4 Å². The summed E-state index contributed by atoms with van der Waals surface area (Å²) in [4.78, 5) is 38.6. The highest BCUT2D eigenvalue weighted by molar-refractivity contribution is 7.17. The molecule has 0 aliphatic heterocycles. The third-order valence-electron chi connectivity index (χ3n) is 4.90. The van der Waals surface area contributed by atoms with Gasteiger partial charge in [0.2, 0.25) is 11.7 Å². The smallest absolute Gasteiger partial charge is 0.324 e. The van der Waals surface area contributed by atoms with E-state index < -0.39 is 5.69 Å². The van der Waals surface area contributed by atoms with E-state index in [1.54, 1.807) is 11.4 Å². The first-order valence-electron chi connectivity index (χ1n) is 9.88. The largest absolute Gasteiger partial charge is 0.352 e. The summed E-state index contributed by atoms with van der Waals surface area (Å²) in [6.07, 6.45) is 0.780. The van der Waals surface area contributed by atoms with Crippen LogP contribution in [0.15, 0.2) is 45.3 Å². The van der Waals surface area contributed by atoms with E-state index in [2.05, 4.69) is 10.4 Å². The van der Waals surface area contributed by atoms with Gasteiger partial charge in [0, 0.05) is 12.2 Å². The Bertz CT molecular complexity index is 1360. The van der Waals surface area contributed by atoms with E-state index in [4.69, 9.17) is 0 Å². The van der Waals surface area contributed by atoms with Crippen molar-refractivity contribution in [1.29, 1.82) is 0 Å². The monoisotopic (exact) mass is 425 g/mol. The maximum absolute atomic E-state index is 13.1. The maximum atomic E-state index is 13.1. The van der Waals surface area contributed by atoms with Gasteiger partial charge in [0.05, 0.1) is 5.52 Å². The quantitative estimate of drug-likeness (QED) is 0.514. The van der Waals surface area contributed by atoms with E-state index in [-0.39, 0.29) is 29.7 Å². The molecular formula is C21H23N5O3S. The number of nitrogens with zero attached hydrogens (tertiary/aromatic N) is 4. The lowest BCUT2D eigenvalue weighted by Gasteiger charge is -2.10. The van der Waals surface area contributed by atoms with Crippen molar-refractivity contribution in [3.63, 3.8) is 0 Å². The van der Waals surface area contributed by atoms with Gasteiger partial charge in [0.25, 0.3) is 5.56 Å². The second-order valence-corrected chi connectivity index (χ2v) is 8.50. The minimum atomic E-state index is -0.440. The lowest BCUT2D eigenvalue weighted by atomic mass is 10.1. The fourth-order valence-electron chi connectivity index (χ4n) is 3.54. The van der Waals surface area contributed by atoms with Crippen LogP contribution in [0.4, 0.5) is 5.69 Å². The predicted molar refractivity (Wildman–Crippen MR) is 118 cm³/mol. The Morgan fingerprint density at radius 1 is 1.20 bits per heavy atom. The van der Waals surface area contributed by atoms with Gasteiger partial charge in [-0.1, -0.05) is 39.0 Å². The minimum Gasteiger partial charge on any atom is -0.324 e. The zero-order valence-corrected chi connectivity index (χ0v) is 17.9. The highest BCUT2D eigenvalue weighted by atomic mass is 32.1. The number of carbonyl (C=O) groups excluding carboxylic acids is 1. The molecule has 0 aliphatic carbocycles. The van der Waals surface area contributed by atoms with Crippen molar-refractivity contribution in [1.82, 2.24) is 18.7 Å². The van der Waals surface area contributed by atoms with Crippen LogP contribution in [0.25, 0.3) is 16.0 Å². The molecule has 0 saturated heterocycles. The Morgan fingerprint density at radius 3 is 2.70 bits per heavy atom. The van der Waals surface area contributed by atoms with Gasteiger partial charge < -0.3 is 5.32 Å². The summed E-state index contributed by atoms with van der Waals surface area (Å²) >= 11 is 1.30. The van der Waals surface area contributed by atoms with Gasteiger partial charge in [0.15, 0.2) is 0 Å². The number of anilines is 1. The average Bonchev–Trinajstić information content (AvgIpc) is 3.31. The second-order valence-electron chi connectivity index (χ2n) is 7.58. The lowest BCUT2D eigenvalue weighted by Crippen LogP contribution is -2.29. The molecule has 0 unspecified atom stereocenters. The molecule has 1 N–H and O–H groups in total. The van der Waals surface area contributed by atoms with Crippen molar-refractivity contribution in [2.24, 2.45) is 5.92 Å². The standard InChI is InChI=1S/C21H23N5O3S/c1-4-14-7-5-6-8-15(14)22-17(27)12-25-21(29)26-16-9-10-30-18(16)19(28)24(11-13(2)3)20(26)23-25/h5-10,13H,4,11-12H2,1-3H3,(H,22,27). The van der Waals surface area contributed by atoms with Crippen LogP contribution in [0.5, 0.6) is 0 Å². The van der Waals surface area contributed by atoms with Gasteiger partial charge in [-0.05, 0) is 35.4 Å². The van der Waals surface area contributed by atoms with Crippen LogP contribution in [-0.2, 0) is 24.3 Å². The second kappa shape index (κ2) is 7.91. The molecule has 4 aromatic rings. The number of fused-ring (bicyclic) bond motifs is 3. The van der Waals surface area contributed by atoms with Crippen molar-refractivity contribution >= 4 is 38.9 Å². The molecule has 0 fully saturated rings. The number of amides is 1. The summed E-state index contributed by atoms with van der Waals surface area (Å²) in [5, 5.41) is 8.99. The molecule has 30 heavy (non-hydrogen) atoms. The summed E-state index contributed by atoms with van der Waals surface area (Å²) in [5.41, 5.74) is 1.65. The van der Waals surface area contributed by atoms with E-state index in [1.807, 2.05) is 45.0 Å². The van der Waals surface area contributed by atoms with Gasteiger partial charge >= 0.3 is 5.69 Å². The Kier molecular flexibility index (Phi) is 5.29. The molecule has 0 bridgehead atoms. The SMILES string of the molecule is CCc1ccccc1NC(=O)Cn1nc2n(CC(C)C)c(=O)c3sccc3n2c1=O. The molecule has 0 atom stereocenters. The van der Waals surface area contributed by atoms with Crippen LogP contribution < -0.4 is 16.6 Å². The third-order valence-corrected chi connectivity index (χ3v) is 5.79. The highest BCUT2D eigenvalue weighted by Crippen LogP contribution is 2.18. The van der Waals surface area contributed by atoms with Crippen LogP contribution in [0.1, 0.15) is 26.3 Å². The highest BCUT2D eigenvalue weighted by Gasteiger charge is 2.20. The zero-order valence-electron chi connectivity index (χ0n) is 17.1. The summed E-state index contributed by atoms with van der Waals surface area (Å²) < 4.78 is 4.56.